The third-order valence-corrected chi connectivity index (χ3v) is 2.41. The van der Waals surface area contributed by atoms with Crippen LogP contribution < -0.4 is 5.32 Å². The molecule has 0 aliphatic rings. The molecule has 16 heavy (non-hydrogen) atoms. The van der Waals surface area contributed by atoms with Crippen molar-refractivity contribution in [3.63, 3.8) is 0 Å². The molecule has 0 radical (unpaired) electrons. The van der Waals surface area contributed by atoms with E-state index in [-0.39, 0.29) is 0 Å². The van der Waals surface area contributed by atoms with Gasteiger partial charge < -0.3 is 5.32 Å². The minimum atomic E-state index is 0.794. The summed E-state index contributed by atoms with van der Waals surface area (Å²) in [5.41, 5.74) is 2.27. The van der Waals surface area contributed by atoms with Gasteiger partial charge in [-0.25, -0.2) is 0 Å². The zero-order valence-electron chi connectivity index (χ0n) is 9.72. The highest BCUT2D eigenvalue weighted by molar-refractivity contribution is 5.04. The van der Waals surface area contributed by atoms with Crippen LogP contribution in [0, 0.1) is 0 Å². The third kappa shape index (κ3) is 2.70. The van der Waals surface area contributed by atoms with Crippen LogP contribution in [-0.2, 0) is 26.7 Å². The van der Waals surface area contributed by atoms with Crippen molar-refractivity contribution in [3.8, 4) is 0 Å². The quantitative estimate of drug-likeness (QED) is 0.813. The molecule has 0 saturated carbocycles. The maximum atomic E-state index is 4.40. The molecule has 0 unspecified atom stereocenters. The van der Waals surface area contributed by atoms with Crippen LogP contribution in [0.25, 0.3) is 0 Å². The van der Waals surface area contributed by atoms with Crippen LogP contribution in [0.3, 0.4) is 0 Å². The summed E-state index contributed by atoms with van der Waals surface area (Å²) in [6, 6.07) is 2.04. The summed E-state index contributed by atoms with van der Waals surface area (Å²) in [5, 5.41) is 11.9. The average molecular weight is 219 g/mol. The van der Waals surface area contributed by atoms with Crippen molar-refractivity contribution in [2.75, 3.05) is 0 Å². The van der Waals surface area contributed by atoms with Crippen LogP contribution in [0.5, 0.6) is 0 Å². The Hall–Kier alpha value is -1.62. The lowest BCUT2D eigenvalue weighted by Crippen LogP contribution is -2.13. The number of rotatable bonds is 5. The molecule has 0 spiro atoms. The van der Waals surface area contributed by atoms with Gasteiger partial charge >= 0.3 is 0 Å². The summed E-state index contributed by atoms with van der Waals surface area (Å²) < 4.78 is 3.74. The first-order valence-corrected chi connectivity index (χ1v) is 5.48. The van der Waals surface area contributed by atoms with Crippen molar-refractivity contribution in [1.82, 2.24) is 24.9 Å². The number of nitrogens with one attached hydrogen (secondary N) is 1. The fourth-order valence-corrected chi connectivity index (χ4v) is 1.57. The molecule has 2 rings (SSSR count). The van der Waals surface area contributed by atoms with Crippen LogP contribution in [-0.4, -0.2) is 19.6 Å². The van der Waals surface area contributed by atoms with Gasteiger partial charge in [-0.05, 0) is 13.0 Å². The summed E-state index contributed by atoms with van der Waals surface area (Å²) >= 11 is 0. The minimum absolute atomic E-state index is 0.794. The highest BCUT2D eigenvalue weighted by atomic mass is 15.3. The van der Waals surface area contributed by atoms with Crippen molar-refractivity contribution in [3.05, 3.63) is 35.9 Å². The Morgan fingerprint density at radius 1 is 1.38 bits per heavy atom. The number of nitrogens with zero attached hydrogens (tertiary/aromatic N) is 4. The number of aryl methyl sites for hydroxylation is 2. The monoisotopic (exact) mass is 219 g/mol. The molecule has 5 heteroatoms. The van der Waals surface area contributed by atoms with Gasteiger partial charge in [-0.1, -0.05) is 0 Å². The zero-order chi connectivity index (χ0) is 11.4. The predicted molar refractivity (Wildman–Crippen MR) is 61.7 cm³/mol. The van der Waals surface area contributed by atoms with E-state index < -0.39 is 0 Å². The molecule has 0 aromatic carbocycles. The maximum Gasteiger partial charge on any atom is 0.0762 e. The van der Waals surface area contributed by atoms with Gasteiger partial charge in [0.2, 0.25) is 0 Å². The molecule has 0 aliphatic heterocycles. The largest absolute Gasteiger partial charge is 0.307 e. The topological polar surface area (TPSA) is 47.7 Å². The predicted octanol–water partition coefficient (Wildman–Crippen LogP) is 0.926. The van der Waals surface area contributed by atoms with Crippen molar-refractivity contribution in [2.45, 2.75) is 26.6 Å². The second-order valence-electron chi connectivity index (χ2n) is 3.79. The SMILES string of the molecule is CCn1ccc(CNCc2cnn(C)c2)n1. The minimum Gasteiger partial charge on any atom is -0.307 e. The molecule has 2 heterocycles. The molecular weight excluding hydrogens is 202 g/mol. The van der Waals surface area contributed by atoms with E-state index in [0.29, 0.717) is 0 Å². The molecule has 86 valence electrons. The fraction of sp³-hybridized carbons (Fsp3) is 0.455. The first kappa shape index (κ1) is 10.9. The van der Waals surface area contributed by atoms with E-state index in [1.54, 1.807) is 0 Å². The van der Waals surface area contributed by atoms with E-state index in [1.165, 1.54) is 5.56 Å². The van der Waals surface area contributed by atoms with E-state index in [4.69, 9.17) is 0 Å². The molecule has 0 amide bonds. The van der Waals surface area contributed by atoms with Gasteiger partial charge in [-0.2, -0.15) is 10.2 Å². The Balaban J connectivity index is 1.79. The summed E-state index contributed by atoms with van der Waals surface area (Å²) in [6.07, 6.45) is 5.89. The third-order valence-electron chi connectivity index (χ3n) is 2.41. The van der Waals surface area contributed by atoms with Crippen LogP contribution in [0.2, 0.25) is 0 Å². The lowest BCUT2D eigenvalue weighted by atomic mass is 10.3. The van der Waals surface area contributed by atoms with Crippen LogP contribution in [0.1, 0.15) is 18.2 Å². The number of hydrogen-bond acceptors (Lipinski definition) is 3. The van der Waals surface area contributed by atoms with E-state index in [9.17, 15) is 0 Å². The molecule has 5 nitrogen and oxygen atoms in total. The fourth-order valence-electron chi connectivity index (χ4n) is 1.57. The van der Waals surface area contributed by atoms with Gasteiger partial charge in [-0.15, -0.1) is 0 Å². The Kier molecular flexibility index (Phi) is 3.36. The summed E-state index contributed by atoms with van der Waals surface area (Å²) in [4.78, 5) is 0. The normalized spacial score (nSPS) is 10.9. The van der Waals surface area contributed by atoms with Crippen molar-refractivity contribution in [2.24, 2.45) is 7.05 Å². The van der Waals surface area contributed by atoms with Crippen molar-refractivity contribution < 1.29 is 0 Å². The molecule has 0 atom stereocenters. The Morgan fingerprint density at radius 2 is 2.25 bits per heavy atom. The van der Waals surface area contributed by atoms with Gasteiger partial charge in [0.15, 0.2) is 0 Å². The van der Waals surface area contributed by atoms with Crippen molar-refractivity contribution in [1.29, 1.82) is 0 Å². The Morgan fingerprint density at radius 3 is 2.88 bits per heavy atom. The first-order chi connectivity index (χ1) is 7.78. The lowest BCUT2D eigenvalue weighted by molar-refractivity contribution is 0.619. The van der Waals surface area contributed by atoms with Gasteiger partial charge in [0.05, 0.1) is 11.9 Å². The summed E-state index contributed by atoms with van der Waals surface area (Å²) in [7, 11) is 1.92. The number of hydrogen-bond donors (Lipinski definition) is 1. The van der Waals surface area contributed by atoms with E-state index in [2.05, 4.69) is 22.4 Å². The van der Waals surface area contributed by atoms with Gasteiger partial charge in [0, 0.05) is 44.6 Å². The van der Waals surface area contributed by atoms with Crippen LogP contribution in [0.15, 0.2) is 24.7 Å². The second-order valence-corrected chi connectivity index (χ2v) is 3.79. The first-order valence-electron chi connectivity index (χ1n) is 5.48. The average Bonchev–Trinajstić information content (AvgIpc) is 2.88. The van der Waals surface area contributed by atoms with Crippen LogP contribution >= 0.6 is 0 Å². The highest BCUT2D eigenvalue weighted by Crippen LogP contribution is 1.98. The molecule has 2 aromatic rings. The molecule has 0 bridgehead atoms. The smallest absolute Gasteiger partial charge is 0.0762 e. The number of aromatic nitrogens is 4. The molecule has 0 aliphatic carbocycles. The molecule has 2 aromatic heterocycles. The van der Waals surface area contributed by atoms with Crippen molar-refractivity contribution >= 4 is 0 Å². The van der Waals surface area contributed by atoms with Gasteiger partial charge in [-0.3, -0.25) is 9.36 Å². The van der Waals surface area contributed by atoms with Gasteiger partial charge in [0.1, 0.15) is 0 Å². The lowest BCUT2D eigenvalue weighted by Gasteiger charge is -1.99. The standard InChI is InChI=1S/C11H17N5/c1-3-16-5-4-11(14-16)8-12-6-10-7-13-15(2)9-10/h4-5,7,9,12H,3,6,8H2,1-2H3. The Bertz CT molecular complexity index is 443. The van der Waals surface area contributed by atoms with Gasteiger partial charge in [0.25, 0.3) is 0 Å². The van der Waals surface area contributed by atoms with E-state index in [0.717, 1.165) is 25.3 Å². The zero-order valence-corrected chi connectivity index (χ0v) is 9.72. The summed E-state index contributed by atoms with van der Waals surface area (Å²) in [5.74, 6) is 0. The second kappa shape index (κ2) is 4.94. The molecule has 0 saturated heterocycles. The van der Waals surface area contributed by atoms with Crippen LogP contribution in [0.4, 0.5) is 0 Å². The van der Waals surface area contributed by atoms with E-state index in [1.807, 2.05) is 41.1 Å². The molecule has 0 fully saturated rings. The highest BCUT2D eigenvalue weighted by Gasteiger charge is 1.99. The maximum absolute atomic E-state index is 4.40. The molecular formula is C11H17N5. The molecule has 1 N–H and O–H groups in total. The summed E-state index contributed by atoms with van der Waals surface area (Å²) in [6.45, 7) is 4.62. The Labute approximate surface area is 95.1 Å². The van der Waals surface area contributed by atoms with E-state index >= 15 is 0 Å².